The quantitative estimate of drug-likeness (QED) is 0.434. The molecular formula is C22H32N2O2. The summed E-state index contributed by atoms with van der Waals surface area (Å²) in [5.74, 6) is 1.49. The van der Waals surface area contributed by atoms with Gasteiger partial charge in [0.2, 0.25) is 5.88 Å². The molecule has 0 saturated carbocycles. The second-order valence-electron chi connectivity index (χ2n) is 6.76. The Kier molecular flexibility index (Phi) is 8.94. The Hall–Kier alpha value is -2.10. The van der Waals surface area contributed by atoms with Crippen LogP contribution in [0.5, 0.6) is 11.6 Å². The molecule has 0 aliphatic carbocycles. The minimum atomic E-state index is 0.247. The molecule has 0 bridgehead atoms. The molecular weight excluding hydrogens is 324 g/mol. The van der Waals surface area contributed by atoms with Gasteiger partial charge in [-0.3, -0.25) is 0 Å². The van der Waals surface area contributed by atoms with Gasteiger partial charge in [0.05, 0.1) is 18.4 Å². The Morgan fingerprint density at radius 1 is 0.846 bits per heavy atom. The predicted octanol–water partition coefficient (Wildman–Crippen LogP) is 6.06. The largest absolute Gasteiger partial charge is 0.491 e. The van der Waals surface area contributed by atoms with Crippen molar-refractivity contribution in [2.45, 2.75) is 71.8 Å². The molecule has 0 aliphatic heterocycles. The van der Waals surface area contributed by atoms with Crippen LogP contribution in [0.2, 0.25) is 0 Å². The Balaban J connectivity index is 1.84. The van der Waals surface area contributed by atoms with E-state index >= 15 is 0 Å². The molecule has 2 rings (SSSR count). The van der Waals surface area contributed by atoms with Gasteiger partial charge >= 0.3 is 0 Å². The number of hydrogen-bond donors (Lipinski definition) is 0. The number of rotatable bonds is 12. The van der Waals surface area contributed by atoms with E-state index in [0.29, 0.717) is 12.5 Å². The molecule has 1 aromatic carbocycles. The highest BCUT2D eigenvalue weighted by Crippen LogP contribution is 2.22. The fourth-order valence-corrected chi connectivity index (χ4v) is 2.73. The third-order valence-electron chi connectivity index (χ3n) is 4.34. The van der Waals surface area contributed by atoms with E-state index in [1.807, 2.05) is 36.4 Å². The van der Waals surface area contributed by atoms with Crippen molar-refractivity contribution in [3.05, 3.63) is 36.4 Å². The van der Waals surface area contributed by atoms with Gasteiger partial charge in [-0.15, -0.1) is 10.2 Å². The summed E-state index contributed by atoms with van der Waals surface area (Å²) in [6, 6.07) is 11.9. The number of ether oxygens (including phenoxy) is 2. The zero-order valence-corrected chi connectivity index (χ0v) is 16.4. The summed E-state index contributed by atoms with van der Waals surface area (Å²) in [5, 5.41) is 8.40. The Bertz CT molecular complexity index is 611. The fraction of sp³-hybridized carbons (Fsp3) is 0.545. The average Bonchev–Trinajstić information content (AvgIpc) is 2.67. The van der Waals surface area contributed by atoms with Crippen LogP contribution in [-0.4, -0.2) is 22.9 Å². The van der Waals surface area contributed by atoms with E-state index in [2.05, 4.69) is 31.0 Å². The second kappa shape index (κ2) is 11.5. The number of nitrogens with zero attached hydrogens (tertiary/aromatic N) is 2. The average molecular weight is 357 g/mol. The maximum Gasteiger partial charge on any atom is 0.233 e. The Morgan fingerprint density at radius 3 is 2.27 bits per heavy atom. The SMILES string of the molecule is CCCCCCC(C)Oc1ccc(-c2ccc(OCCCC)nn2)cc1. The van der Waals surface area contributed by atoms with E-state index in [9.17, 15) is 0 Å². The first kappa shape index (κ1) is 20.2. The first-order chi connectivity index (χ1) is 12.7. The third kappa shape index (κ3) is 7.03. The molecule has 0 spiro atoms. The highest BCUT2D eigenvalue weighted by Gasteiger charge is 2.06. The molecule has 0 saturated heterocycles. The topological polar surface area (TPSA) is 44.2 Å². The van der Waals surface area contributed by atoms with E-state index < -0.39 is 0 Å². The van der Waals surface area contributed by atoms with Crippen LogP contribution in [-0.2, 0) is 0 Å². The molecule has 26 heavy (non-hydrogen) atoms. The third-order valence-corrected chi connectivity index (χ3v) is 4.34. The van der Waals surface area contributed by atoms with Crippen LogP contribution < -0.4 is 9.47 Å². The normalized spacial score (nSPS) is 12.0. The number of aromatic nitrogens is 2. The van der Waals surface area contributed by atoms with E-state index in [0.717, 1.165) is 36.3 Å². The maximum absolute atomic E-state index is 6.00. The molecule has 0 aliphatic rings. The van der Waals surface area contributed by atoms with Gasteiger partial charge in [-0.1, -0.05) is 39.5 Å². The summed E-state index contributed by atoms with van der Waals surface area (Å²) in [6.45, 7) is 7.20. The maximum atomic E-state index is 6.00. The molecule has 1 unspecified atom stereocenters. The summed E-state index contributed by atoms with van der Waals surface area (Å²) in [7, 11) is 0. The molecule has 0 radical (unpaired) electrons. The van der Waals surface area contributed by atoms with Crippen LogP contribution in [0.1, 0.15) is 65.7 Å². The van der Waals surface area contributed by atoms with Gasteiger partial charge in [0.25, 0.3) is 0 Å². The molecule has 142 valence electrons. The molecule has 1 atom stereocenters. The van der Waals surface area contributed by atoms with Gasteiger partial charge in [0, 0.05) is 11.6 Å². The molecule has 0 amide bonds. The van der Waals surface area contributed by atoms with Gasteiger partial charge in [-0.05, 0) is 56.5 Å². The summed E-state index contributed by atoms with van der Waals surface area (Å²) in [4.78, 5) is 0. The molecule has 4 heteroatoms. The lowest BCUT2D eigenvalue weighted by atomic mass is 10.1. The van der Waals surface area contributed by atoms with Crippen LogP contribution in [0, 0.1) is 0 Å². The highest BCUT2D eigenvalue weighted by atomic mass is 16.5. The van der Waals surface area contributed by atoms with Crippen LogP contribution in [0.15, 0.2) is 36.4 Å². The number of benzene rings is 1. The minimum Gasteiger partial charge on any atom is -0.491 e. The van der Waals surface area contributed by atoms with E-state index in [1.165, 1.54) is 25.7 Å². The van der Waals surface area contributed by atoms with Crippen LogP contribution in [0.25, 0.3) is 11.3 Å². The highest BCUT2D eigenvalue weighted by molar-refractivity contribution is 5.59. The van der Waals surface area contributed by atoms with Crippen LogP contribution in [0.3, 0.4) is 0 Å². The van der Waals surface area contributed by atoms with Crippen molar-refractivity contribution >= 4 is 0 Å². The molecule has 1 heterocycles. The zero-order valence-electron chi connectivity index (χ0n) is 16.4. The van der Waals surface area contributed by atoms with E-state index in [1.54, 1.807) is 0 Å². The van der Waals surface area contributed by atoms with Crippen molar-refractivity contribution in [1.29, 1.82) is 0 Å². The summed E-state index contributed by atoms with van der Waals surface area (Å²) >= 11 is 0. The zero-order chi connectivity index (χ0) is 18.6. The molecule has 0 N–H and O–H groups in total. The van der Waals surface area contributed by atoms with Gasteiger partial charge < -0.3 is 9.47 Å². The first-order valence-corrected chi connectivity index (χ1v) is 9.96. The first-order valence-electron chi connectivity index (χ1n) is 9.96. The van der Waals surface area contributed by atoms with Crippen molar-refractivity contribution in [2.75, 3.05) is 6.61 Å². The lowest BCUT2D eigenvalue weighted by Crippen LogP contribution is -2.11. The number of unbranched alkanes of at least 4 members (excludes halogenated alkanes) is 4. The Morgan fingerprint density at radius 2 is 1.62 bits per heavy atom. The summed E-state index contributed by atoms with van der Waals surface area (Å²) < 4.78 is 11.6. The van der Waals surface area contributed by atoms with Crippen molar-refractivity contribution in [2.24, 2.45) is 0 Å². The standard InChI is InChI=1S/C22H32N2O2/c1-4-6-8-9-10-18(3)26-20-13-11-19(12-14-20)21-15-16-22(24-23-21)25-17-7-5-2/h11-16,18H,4-10,17H2,1-3H3. The van der Waals surface area contributed by atoms with Crippen LogP contribution in [0.4, 0.5) is 0 Å². The van der Waals surface area contributed by atoms with Crippen molar-refractivity contribution in [1.82, 2.24) is 10.2 Å². The monoisotopic (exact) mass is 356 g/mol. The summed E-state index contributed by atoms with van der Waals surface area (Å²) in [5.41, 5.74) is 1.87. The van der Waals surface area contributed by atoms with E-state index in [-0.39, 0.29) is 6.10 Å². The van der Waals surface area contributed by atoms with Gasteiger partial charge in [0.1, 0.15) is 5.75 Å². The second-order valence-corrected chi connectivity index (χ2v) is 6.76. The van der Waals surface area contributed by atoms with Gasteiger partial charge in [0.15, 0.2) is 0 Å². The smallest absolute Gasteiger partial charge is 0.233 e. The fourth-order valence-electron chi connectivity index (χ4n) is 2.73. The minimum absolute atomic E-state index is 0.247. The lowest BCUT2D eigenvalue weighted by Gasteiger charge is -2.15. The Labute approximate surface area is 158 Å². The molecule has 0 fully saturated rings. The van der Waals surface area contributed by atoms with Gasteiger partial charge in [-0.2, -0.15) is 0 Å². The van der Waals surface area contributed by atoms with Crippen molar-refractivity contribution in [3.8, 4) is 22.9 Å². The lowest BCUT2D eigenvalue weighted by molar-refractivity contribution is 0.206. The van der Waals surface area contributed by atoms with Crippen molar-refractivity contribution in [3.63, 3.8) is 0 Å². The van der Waals surface area contributed by atoms with E-state index in [4.69, 9.17) is 9.47 Å². The predicted molar refractivity (Wildman–Crippen MR) is 107 cm³/mol. The molecule has 4 nitrogen and oxygen atoms in total. The molecule has 2 aromatic rings. The summed E-state index contributed by atoms with van der Waals surface area (Å²) in [6.07, 6.45) is 8.59. The van der Waals surface area contributed by atoms with Gasteiger partial charge in [-0.25, -0.2) is 0 Å². The number of hydrogen-bond acceptors (Lipinski definition) is 4. The van der Waals surface area contributed by atoms with Crippen molar-refractivity contribution < 1.29 is 9.47 Å². The van der Waals surface area contributed by atoms with Crippen LogP contribution >= 0.6 is 0 Å². The molecule has 1 aromatic heterocycles.